The summed E-state index contributed by atoms with van der Waals surface area (Å²) in [4.78, 5) is 0. The molecule has 0 heterocycles. The van der Waals surface area contributed by atoms with Gasteiger partial charge in [0.2, 0.25) is 0 Å². The van der Waals surface area contributed by atoms with Crippen LogP contribution in [0, 0.1) is 46.9 Å². The molecule has 1 saturated carbocycles. The first-order valence-corrected chi connectivity index (χ1v) is 11.8. The lowest BCUT2D eigenvalue weighted by Crippen LogP contribution is -2.16. The molecule has 0 aromatic heterocycles. The molecule has 5 heteroatoms. The molecule has 0 saturated heterocycles. The number of fused-ring (bicyclic) bond motifs is 1. The fourth-order valence-corrected chi connectivity index (χ4v) is 4.83. The van der Waals surface area contributed by atoms with Crippen molar-refractivity contribution in [2.24, 2.45) is 11.8 Å². The van der Waals surface area contributed by atoms with Crippen molar-refractivity contribution >= 4 is 10.8 Å². The van der Waals surface area contributed by atoms with Gasteiger partial charge in [-0.3, -0.25) is 0 Å². The number of hydrogen-bond acceptors (Lipinski definition) is 1. The molecule has 0 bridgehead atoms. The number of ether oxygens (including phenoxy) is 1. The van der Waals surface area contributed by atoms with Crippen LogP contribution in [-0.4, -0.2) is 13.7 Å². The lowest BCUT2D eigenvalue weighted by Gasteiger charge is -2.28. The predicted molar refractivity (Wildman–Crippen MR) is 126 cm³/mol. The zero-order valence-corrected chi connectivity index (χ0v) is 19.3. The first kappa shape index (κ1) is 24.3. The van der Waals surface area contributed by atoms with Gasteiger partial charge < -0.3 is 4.74 Å². The highest BCUT2D eigenvalue weighted by molar-refractivity contribution is 5.84. The molecular weight excluding hydrogens is 440 g/mol. The van der Waals surface area contributed by atoms with Crippen LogP contribution in [0.2, 0.25) is 0 Å². The molecule has 3 aromatic carbocycles. The van der Waals surface area contributed by atoms with E-state index in [1.807, 2.05) is 0 Å². The van der Waals surface area contributed by atoms with Gasteiger partial charge in [0.1, 0.15) is 11.6 Å². The summed E-state index contributed by atoms with van der Waals surface area (Å²) < 4.78 is 61.7. The van der Waals surface area contributed by atoms with Crippen molar-refractivity contribution in [2.75, 3.05) is 13.7 Å². The smallest absolute Gasteiger partial charge is 0.166 e. The topological polar surface area (TPSA) is 9.23 Å². The molecule has 0 unspecified atom stereocenters. The van der Waals surface area contributed by atoms with Gasteiger partial charge in [0.15, 0.2) is 11.6 Å². The lowest BCUT2D eigenvalue weighted by atomic mass is 9.78. The summed E-state index contributed by atoms with van der Waals surface area (Å²) in [7, 11) is 1.73. The number of aryl methyl sites for hydroxylation is 1. The maximum atomic E-state index is 14.7. The second-order valence-electron chi connectivity index (χ2n) is 9.19. The molecule has 1 nitrogen and oxygen atoms in total. The molecule has 3 aromatic rings. The van der Waals surface area contributed by atoms with Gasteiger partial charge in [0.05, 0.1) is 5.56 Å². The first-order valence-electron chi connectivity index (χ1n) is 11.8. The van der Waals surface area contributed by atoms with Gasteiger partial charge in [-0.1, -0.05) is 49.7 Å². The Kier molecular flexibility index (Phi) is 7.90. The molecule has 0 radical (unpaired) electrons. The van der Waals surface area contributed by atoms with Crippen molar-refractivity contribution in [3.8, 4) is 11.8 Å². The minimum atomic E-state index is -0.927. The molecule has 0 amide bonds. The van der Waals surface area contributed by atoms with Crippen LogP contribution < -0.4 is 0 Å². The molecule has 4 rings (SSSR count). The number of benzene rings is 3. The van der Waals surface area contributed by atoms with Gasteiger partial charge in [-0.2, -0.15) is 0 Å². The summed E-state index contributed by atoms with van der Waals surface area (Å²) >= 11 is 0. The standard InChI is InChI=1S/C29H28F4O/c1-34-15-14-20-4-2-19(3-5-20)6-7-22-17-27(31)25(28(32)18-22)12-9-21-8-11-24-23(16-21)10-13-26(30)29(24)33/h8,10-11,13,16-20H,2-7,14-15H2,1H3. The number of methoxy groups -OCH3 is 1. The van der Waals surface area contributed by atoms with Gasteiger partial charge in [0.25, 0.3) is 0 Å². The molecular formula is C29H28F4O. The third kappa shape index (κ3) is 5.80. The van der Waals surface area contributed by atoms with Crippen LogP contribution in [0.25, 0.3) is 10.8 Å². The zero-order valence-electron chi connectivity index (χ0n) is 19.3. The Bertz CT molecular complexity index is 1190. The first-order chi connectivity index (χ1) is 16.4. The fraction of sp³-hybridized carbons (Fsp3) is 0.379. The number of halogens is 4. The molecule has 1 fully saturated rings. The molecule has 34 heavy (non-hydrogen) atoms. The van der Waals surface area contributed by atoms with Gasteiger partial charge in [0, 0.05) is 24.7 Å². The highest BCUT2D eigenvalue weighted by atomic mass is 19.2. The molecule has 0 atom stereocenters. The summed E-state index contributed by atoms with van der Waals surface area (Å²) in [6, 6.07) is 9.72. The Morgan fingerprint density at radius 1 is 0.794 bits per heavy atom. The highest BCUT2D eigenvalue weighted by Crippen LogP contribution is 2.33. The Balaban J connectivity index is 1.40. The van der Waals surface area contributed by atoms with Gasteiger partial charge in [-0.15, -0.1) is 0 Å². The Morgan fingerprint density at radius 2 is 1.47 bits per heavy atom. The van der Waals surface area contributed by atoms with Crippen LogP contribution in [0.3, 0.4) is 0 Å². The Labute approximate surface area is 198 Å². The second-order valence-corrected chi connectivity index (χ2v) is 9.19. The monoisotopic (exact) mass is 468 g/mol. The average molecular weight is 469 g/mol. The fourth-order valence-electron chi connectivity index (χ4n) is 4.83. The van der Waals surface area contributed by atoms with Crippen LogP contribution in [0.5, 0.6) is 0 Å². The summed E-state index contributed by atoms with van der Waals surface area (Å²) in [5, 5.41) is 0.602. The zero-order chi connectivity index (χ0) is 24.1. The van der Waals surface area contributed by atoms with Crippen LogP contribution >= 0.6 is 0 Å². The van der Waals surface area contributed by atoms with Crippen LogP contribution in [0.4, 0.5) is 17.6 Å². The third-order valence-electron chi connectivity index (χ3n) is 6.88. The van der Waals surface area contributed by atoms with E-state index in [-0.39, 0.29) is 10.9 Å². The largest absolute Gasteiger partial charge is 0.385 e. The van der Waals surface area contributed by atoms with Crippen LogP contribution in [0.1, 0.15) is 55.2 Å². The van der Waals surface area contributed by atoms with Gasteiger partial charge in [-0.25, -0.2) is 17.6 Å². The van der Waals surface area contributed by atoms with Gasteiger partial charge in [-0.05, 0) is 72.4 Å². The Morgan fingerprint density at radius 3 is 2.15 bits per heavy atom. The maximum absolute atomic E-state index is 14.7. The minimum Gasteiger partial charge on any atom is -0.385 e. The van der Waals surface area contributed by atoms with E-state index in [0.29, 0.717) is 28.9 Å². The SMILES string of the molecule is COCCC1CCC(CCc2cc(F)c(C#Cc3ccc4c(F)c(F)ccc4c3)c(F)c2)CC1. The highest BCUT2D eigenvalue weighted by Gasteiger charge is 2.21. The van der Waals surface area contributed by atoms with Crippen molar-refractivity contribution in [2.45, 2.75) is 44.9 Å². The van der Waals surface area contributed by atoms with E-state index in [1.54, 1.807) is 13.2 Å². The van der Waals surface area contributed by atoms with Crippen molar-refractivity contribution < 1.29 is 22.3 Å². The van der Waals surface area contributed by atoms with E-state index < -0.39 is 23.3 Å². The normalized spacial score (nSPS) is 18.0. The summed E-state index contributed by atoms with van der Waals surface area (Å²) in [6.07, 6.45) is 7.38. The van der Waals surface area contributed by atoms with Gasteiger partial charge >= 0.3 is 0 Å². The van der Waals surface area contributed by atoms with Crippen LogP contribution in [-0.2, 0) is 11.2 Å². The van der Waals surface area contributed by atoms with E-state index in [9.17, 15) is 17.6 Å². The summed E-state index contributed by atoms with van der Waals surface area (Å²) in [5.41, 5.74) is 0.820. The number of rotatable bonds is 6. The van der Waals surface area contributed by atoms with E-state index >= 15 is 0 Å². The van der Waals surface area contributed by atoms with Crippen molar-refractivity contribution in [3.05, 3.63) is 82.4 Å². The number of hydrogen-bond donors (Lipinski definition) is 0. The minimum absolute atomic E-state index is 0.135. The quantitative estimate of drug-likeness (QED) is 0.268. The molecule has 1 aliphatic carbocycles. The van der Waals surface area contributed by atoms with E-state index in [1.165, 1.54) is 43.2 Å². The van der Waals surface area contributed by atoms with Crippen molar-refractivity contribution in [1.29, 1.82) is 0 Å². The maximum Gasteiger partial charge on any atom is 0.166 e. The van der Waals surface area contributed by atoms with Crippen LogP contribution in [0.15, 0.2) is 42.5 Å². The molecule has 0 spiro atoms. The summed E-state index contributed by atoms with van der Waals surface area (Å²) in [5.74, 6) is 3.41. The van der Waals surface area contributed by atoms with E-state index in [2.05, 4.69) is 11.8 Å². The Hall–Kier alpha value is -2.84. The predicted octanol–water partition coefficient (Wildman–Crippen LogP) is 7.57. The summed E-state index contributed by atoms with van der Waals surface area (Å²) in [6.45, 7) is 0.808. The molecule has 178 valence electrons. The second kappa shape index (κ2) is 11.1. The van der Waals surface area contributed by atoms with Crippen molar-refractivity contribution in [1.82, 2.24) is 0 Å². The molecule has 0 N–H and O–H groups in total. The third-order valence-corrected chi connectivity index (χ3v) is 6.88. The lowest BCUT2D eigenvalue weighted by molar-refractivity contribution is 0.155. The average Bonchev–Trinajstić information content (AvgIpc) is 2.84. The molecule has 1 aliphatic rings. The molecule has 0 aliphatic heterocycles. The van der Waals surface area contributed by atoms with Crippen molar-refractivity contribution in [3.63, 3.8) is 0 Å². The van der Waals surface area contributed by atoms with E-state index in [0.717, 1.165) is 44.3 Å². The van der Waals surface area contributed by atoms with E-state index in [4.69, 9.17) is 4.74 Å².